The van der Waals surface area contributed by atoms with Gasteiger partial charge in [-0.3, -0.25) is 0 Å². The Balaban J connectivity index is 2.03. The molecule has 1 nitrogen and oxygen atoms in total. The van der Waals surface area contributed by atoms with E-state index in [-0.39, 0.29) is 0 Å². The molecule has 145 valence electrons. The van der Waals surface area contributed by atoms with Crippen molar-refractivity contribution in [2.24, 2.45) is 23.2 Å². The van der Waals surface area contributed by atoms with Crippen LogP contribution in [-0.2, 0) is 4.43 Å². The van der Waals surface area contributed by atoms with E-state index < -0.39 is 31.3 Å². The van der Waals surface area contributed by atoms with Crippen molar-refractivity contribution >= 4 is 31.3 Å². The van der Waals surface area contributed by atoms with Crippen molar-refractivity contribution in [2.45, 2.75) is 103 Å². The predicted octanol–water partition coefficient (Wildman–Crippen LogP) is 6.29. The highest BCUT2D eigenvalue weighted by molar-refractivity contribution is 7.60. The summed E-state index contributed by atoms with van der Waals surface area (Å²) in [6, 6.07) is 0. The maximum Gasteiger partial charge on any atom is 0.183 e. The third-order valence-corrected chi connectivity index (χ3v) is 37.4. The topological polar surface area (TPSA) is 9.23 Å². The van der Waals surface area contributed by atoms with E-state index in [2.05, 4.69) is 58.9 Å². The van der Waals surface area contributed by atoms with Gasteiger partial charge in [-0.1, -0.05) is 39.3 Å². The van der Waals surface area contributed by atoms with Gasteiger partial charge < -0.3 is 4.43 Å². The molecule has 0 N–H and O–H groups in total. The van der Waals surface area contributed by atoms with Crippen LogP contribution in [-0.4, -0.2) is 37.1 Å². The van der Waals surface area contributed by atoms with E-state index in [1.807, 2.05) is 0 Å². The standard InChI is InChI=1S/C20H43OSi4/c1-23(2,3)21-19(22(24(4,5)6)25(7,8)9)20-13-16-10-17(14-20)12-18(11-16)15-20/h16-19H,10-15H2,1-9H3. The van der Waals surface area contributed by atoms with Crippen LogP contribution in [0.5, 0.6) is 0 Å². The van der Waals surface area contributed by atoms with Crippen molar-refractivity contribution in [2.75, 3.05) is 0 Å². The first-order valence-corrected chi connectivity index (χ1v) is 24.7. The van der Waals surface area contributed by atoms with Gasteiger partial charge in [-0.2, -0.15) is 0 Å². The first-order chi connectivity index (χ1) is 11.2. The highest BCUT2D eigenvalue weighted by Gasteiger charge is 2.60. The van der Waals surface area contributed by atoms with Gasteiger partial charge in [-0.05, 0) is 81.3 Å². The Morgan fingerprint density at radius 3 is 1.36 bits per heavy atom. The molecule has 4 rings (SSSR count). The van der Waals surface area contributed by atoms with Gasteiger partial charge >= 0.3 is 0 Å². The van der Waals surface area contributed by atoms with Gasteiger partial charge in [0.15, 0.2) is 8.32 Å². The van der Waals surface area contributed by atoms with Crippen molar-refractivity contribution in [1.29, 1.82) is 0 Å². The van der Waals surface area contributed by atoms with Crippen LogP contribution in [0.25, 0.3) is 0 Å². The highest BCUT2D eigenvalue weighted by atomic mass is 29.6. The molecule has 1 radical (unpaired) electrons. The van der Waals surface area contributed by atoms with Crippen molar-refractivity contribution in [3.63, 3.8) is 0 Å². The van der Waals surface area contributed by atoms with E-state index in [1.54, 1.807) is 19.3 Å². The SMILES string of the molecule is C[Si](C)(C)OC([Si]([Si](C)(C)C)[Si](C)(C)C)C12CC3CC(CC(C3)C1)C2. The van der Waals surface area contributed by atoms with Crippen LogP contribution < -0.4 is 0 Å². The largest absolute Gasteiger partial charge is 0.418 e. The molecule has 4 aliphatic rings. The molecule has 4 saturated carbocycles. The average molecular weight is 412 g/mol. The molecule has 0 aliphatic heterocycles. The van der Waals surface area contributed by atoms with Crippen LogP contribution in [0, 0.1) is 23.2 Å². The molecule has 4 bridgehead atoms. The second-order valence-electron chi connectivity index (χ2n) is 12.8. The zero-order valence-electron chi connectivity index (χ0n) is 18.5. The van der Waals surface area contributed by atoms with Crippen molar-refractivity contribution in [3.8, 4) is 0 Å². The molecule has 0 spiro atoms. The van der Waals surface area contributed by atoms with Crippen molar-refractivity contribution in [1.82, 2.24) is 0 Å². The number of hydrogen-bond acceptors (Lipinski definition) is 1. The van der Waals surface area contributed by atoms with Gasteiger partial charge in [0.1, 0.15) is 0 Å². The maximum atomic E-state index is 7.29. The molecule has 0 amide bonds. The van der Waals surface area contributed by atoms with Gasteiger partial charge in [0, 0.05) is 20.9 Å². The fourth-order valence-electron chi connectivity index (χ4n) is 7.25. The maximum absolute atomic E-state index is 7.29. The second kappa shape index (κ2) is 6.43. The van der Waals surface area contributed by atoms with E-state index in [1.165, 1.54) is 19.3 Å². The fraction of sp³-hybridized carbons (Fsp3) is 1.00. The van der Waals surface area contributed by atoms with Crippen LogP contribution in [0.15, 0.2) is 0 Å². The summed E-state index contributed by atoms with van der Waals surface area (Å²) in [4.78, 5) is 0. The molecule has 4 aliphatic carbocycles. The van der Waals surface area contributed by atoms with Crippen LogP contribution >= 0.6 is 0 Å². The third-order valence-electron chi connectivity index (χ3n) is 6.99. The zero-order valence-corrected chi connectivity index (χ0v) is 22.5. The Morgan fingerprint density at radius 2 is 1.08 bits per heavy atom. The number of hydrogen-bond donors (Lipinski definition) is 0. The summed E-state index contributed by atoms with van der Waals surface area (Å²) >= 11 is 0. The van der Waals surface area contributed by atoms with Crippen LogP contribution in [0.4, 0.5) is 0 Å². The molecule has 1 atom stereocenters. The lowest BCUT2D eigenvalue weighted by Gasteiger charge is -2.63. The van der Waals surface area contributed by atoms with E-state index in [9.17, 15) is 0 Å². The molecule has 0 aromatic rings. The summed E-state index contributed by atoms with van der Waals surface area (Å²) in [5.41, 5.74) is 1.26. The summed E-state index contributed by atoms with van der Waals surface area (Å²) < 4.78 is 7.29. The van der Waals surface area contributed by atoms with Gasteiger partial charge in [0.2, 0.25) is 0 Å². The molecule has 1 unspecified atom stereocenters. The van der Waals surface area contributed by atoms with Crippen LogP contribution in [0.3, 0.4) is 0 Å². The highest BCUT2D eigenvalue weighted by Crippen LogP contribution is 2.62. The quantitative estimate of drug-likeness (QED) is 0.466. The third kappa shape index (κ3) is 4.30. The minimum absolute atomic E-state index is 0.417. The first-order valence-electron chi connectivity index (χ1n) is 10.8. The Kier molecular flexibility index (Phi) is 5.29. The summed E-state index contributed by atoms with van der Waals surface area (Å²) in [7, 11) is -4.29. The lowest BCUT2D eigenvalue weighted by molar-refractivity contribution is -0.0903. The molecule has 5 heteroatoms. The van der Waals surface area contributed by atoms with E-state index in [0.717, 1.165) is 17.8 Å². The van der Waals surface area contributed by atoms with E-state index in [4.69, 9.17) is 4.43 Å². The predicted molar refractivity (Wildman–Crippen MR) is 121 cm³/mol. The molecular weight excluding hydrogens is 369 g/mol. The zero-order chi connectivity index (χ0) is 18.8. The van der Waals surface area contributed by atoms with Crippen LogP contribution in [0.2, 0.25) is 58.9 Å². The summed E-state index contributed by atoms with van der Waals surface area (Å²) in [6.07, 6.45) is 9.24. The molecule has 0 heterocycles. The Bertz CT molecular complexity index is 448. The van der Waals surface area contributed by atoms with E-state index >= 15 is 0 Å². The fourth-order valence-corrected chi connectivity index (χ4v) is 49.1. The van der Waals surface area contributed by atoms with Gasteiger partial charge in [-0.25, -0.2) is 0 Å². The molecule has 0 aromatic heterocycles. The Labute approximate surface area is 162 Å². The van der Waals surface area contributed by atoms with E-state index in [0.29, 0.717) is 11.1 Å². The molecule has 0 saturated heterocycles. The molecule has 0 aromatic carbocycles. The average Bonchev–Trinajstić information content (AvgIpc) is 2.30. The minimum Gasteiger partial charge on any atom is -0.418 e. The normalized spacial score (nSPS) is 37.0. The monoisotopic (exact) mass is 411 g/mol. The minimum atomic E-state index is -1.52. The lowest BCUT2D eigenvalue weighted by Crippen LogP contribution is -2.72. The lowest BCUT2D eigenvalue weighted by atomic mass is 9.50. The molecule has 4 fully saturated rings. The van der Waals surface area contributed by atoms with Crippen molar-refractivity contribution < 1.29 is 4.43 Å². The van der Waals surface area contributed by atoms with Crippen molar-refractivity contribution in [3.05, 3.63) is 0 Å². The Hall–Kier alpha value is 0.828. The summed E-state index contributed by atoms with van der Waals surface area (Å²) in [6.45, 7) is 23.4. The van der Waals surface area contributed by atoms with Gasteiger partial charge in [-0.15, -0.1) is 0 Å². The first kappa shape index (κ1) is 20.6. The van der Waals surface area contributed by atoms with Crippen LogP contribution in [0.1, 0.15) is 38.5 Å². The smallest absolute Gasteiger partial charge is 0.183 e. The molecule has 25 heavy (non-hydrogen) atoms. The summed E-state index contributed by atoms with van der Waals surface area (Å²) in [5, 5.41) is 0. The Morgan fingerprint density at radius 1 is 0.720 bits per heavy atom. The van der Waals surface area contributed by atoms with Gasteiger partial charge in [0.05, 0.1) is 7.83 Å². The van der Waals surface area contributed by atoms with Gasteiger partial charge in [0.25, 0.3) is 0 Å². The molecular formula is C20H43OSi4. The second-order valence-corrected chi connectivity index (χ2v) is 41.3. The summed E-state index contributed by atoms with van der Waals surface area (Å²) in [5.74, 6) is 3.14. The number of rotatable bonds is 6.